The summed E-state index contributed by atoms with van der Waals surface area (Å²) >= 11 is 0. The Bertz CT molecular complexity index is 535. The zero-order valence-corrected chi connectivity index (χ0v) is 11.9. The second-order valence-electron chi connectivity index (χ2n) is 5.67. The molecule has 0 spiro atoms. The van der Waals surface area contributed by atoms with Crippen molar-refractivity contribution >= 4 is 11.8 Å². The van der Waals surface area contributed by atoms with Crippen molar-refractivity contribution in [3.63, 3.8) is 0 Å². The maximum absolute atomic E-state index is 12.5. The maximum atomic E-state index is 12.5. The molecule has 0 radical (unpaired) electrons. The highest BCUT2D eigenvalue weighted by molar-refractivity contribution is 5.97. The van der Waals surface area contributed by atoms with Crippen molar-refractivity contribution in [3.8, 4) is 0 Å². The summed E-state index contributed by atoms with van der Waals surface area (Å²) in [6.45, 7) is 5.05. The number of aromatic nitrogens is 2. The van der Waals surface area contributed by atoms with Crippen molar-refractivity contribution in [1.29, 1.82) is 0 Å². The minimum absolute atomic E-state index is 0.0452. The van der Waals surface area contributed by atoms with Gasteiger partial charge in [0.05, 0.1) is 6.20 Å². The van der Waals surface area contributed by atoms with Crippen LogP contribution in [-0.2, 0) is 22.7 Å². The van der Waals surface area contributed by atoms with Crippen LogP contribution in [0.15, 0.2) is 12.4 Å². The van der Waals surface area contributed by atoms with Crippen LogP contribution in [0.5, 0.6) is 0 Å². The summed E-state index contributed by atoms with van der Waals surface area (Å²) < 4.78 is 1.83. The van der Waals surface area contributed by atoms with E-state index in [-0.39, 0.29) is 17.9 Å². The highest BCUT2D eigenvalue weighted by Crippen LogP contribution is 2.35. The van der Waals surface area contributed by atoms with Gasteiger partial charge >= 0.3 is 0 Å². The molecule has 2 aliphatic rings. The first-order valence-corrected chi connectivity index (χ1v) is 7.22. The van der Waals surface area contributed by atoms with E-state index in [2.05, 4.69) is 10.4 Å². The van der Waals surface area contributed by atoms with E-state index in [9.17, 15) is 9.59 Å². The summed E-state index contributed by atoms with van der Waals surface area (Å²) in [4.78, 5) is 26.2. The average molecular weight is 276 g/mol. The molecule has 2 heterocycles. The largest absolute Gasteiger partial charge is 0.342 e. The number of rotatable bonds is 4. The summed E-state index contributed by atoms with van der Waals surface area (Å²) in [5.41, 5.74) is 0.969. The number of piperazine rings is 1. The van der Waals surface area contributed by atoms with Crippen molar-refractivity contribution < 1.29 is 9.59 Å². The van der Waals surface area contributed by atoms with Crippen LogP contribution in [0.4, 0.5) is 0 Å². The molecule has 108 valence electrons. The molecule has 0 aromatic carbocycles. The van der Waals surface area contributed by atoms with Crippen molar-refractivity contribution in [2.75, 3.05) is 0 Å². The fraction of sp³-hybridized carbons (Fsp3) is 0.643. The minimum Gasteiger partial charge on any atom is -0.342 e. The SMILES string of the molecule is CCn1cc(CN2C(=O)C(C3CC3)NC(=O)C2C)cn1. The second-order valence-corrected chi connectivity index (χ2v) is 5.67. The van der Waals surface area contributed by atoms with Gasteiger partial charge in [-0.3, -0.25) is 14.3 Å². The predicted molar refractivity (Wildman–Crippen MR) is 72.6 cm³/mol. The molecule has 1 aliphatic heterocycles. The zero-order chi connectivity index (χ0) is 14.3. The highest BCUT2D eigenvalue weighted by atomic mass is 16.2. The van der Waals surface area contributed by atoms with Crippen LogP contribution >= 0.6 is 0 Å². The van der Waals surface area contributed by atoms with Crippen LogP contribution in [0, 0.1) is 5.92 Å². The van der Waals surface area contributed by atoms with E-state index < -0.39 is 6.04 Å². The Morgan fingerprint density at radius 1 is 1.40 bits per heavy atom. The van der Waals surface area contributed by atoms with Crippen LogP contribution in [0.25, 0.3) is 0 Å². The van der Waals surface area contributed by atoms with Gasteiger partial charge < -0.3 is 10.2 Å². The van der Waals surface area contributed by atoms with Crippen LogP contribution < -0.4 is 5.32 Å². The maximum Gasteiger partial charge on any atom is 0.246 e. The molecule has 1 saturated heterocycles. The van der Waals surface area contributed by atoms with E-state index in [1.54, 1.807) is 18.0 Å². The molecule has 1 aliphatic carbocycles. The van der Waals surface area contributed by atoms with E-state index in [0.717, 1.165) is 24.9 Å². The van der Waals surface area contributed by atoms with Gasteiger partial charge in [0.2, 0.25) is 11.8 Å². The van der Waals surface area contributed by atoms with Gasteiger partial charge in [-0.25, -0.2) is 0 Å². The van der Waals surface area contributed by atoms with Gasteiger partial charge in [0.25, 0.3) is 0 Å². The van der Waals surface area contributed by atoms with Crippen LogP contribution in [0.2, 0.25) is 0 Å². The summed E-state index contributed by atoms with van der Waals surface area (Å²) in [5.74, 6) is 0.327. The standard InChI is InChI=1S/C14H20N4O2/c1-3-17-7-10(6-15-17)8-18-9(2)13(19)16-12(14(18)20)11-4-5-11/h6-7,9,11-12H,3-5,8H2,1-2H3,(H,16,19). The third-order valence-electron chi connectivity index (χ3n) is 4.15. The number of hydrogen-bond acceptors (Lipinski definition) is 3. The van der Waals surface area contributed by atoms with Crippen molar-refractivity contribution in [2.24, 2.45) is 5.92 Å². The summed E-state index contributed by atoms with van der Waals surface area (Å²) in [6, 6.07) is -0.734. The Labute approximate surface area is 118 Å². The zero-order valence-electron chi connectivity index (χ0n) is 11.9. The molecule has 1 saturated carbocycles. The van der Waals surface area contributed by atoms with E-state index in [1.165, 1.54) is 0 Å². The van der Waals surface area contributed by atoms with E-state index >= 15 is 0 Å². The molecule has 6 heteroatoms. The Kier molecular flexibility index (Phi) is 3.23. The second kappa shape index (κ2) is 4.92. The van der Waals surface area contributed by atoms with Crippen molar-refractivity contribution in [3.05, 3.63) is 18.0 Å². The van der Waals surface area contributed by atoms with E-state index in [0.29, 0.717) is 12.5 Å². The number of hydrogen-bond donors (Lipinski definition) is 1. The van der Waals surface area contributed by atoms with Gasteiger partial charge in [-0.1, -0.05) is 0 Å². The molecule has 1 N–H and O–H groups in total. The molecule has 20 heavy (non-hydrogen) atoms. The number of carbonyl (C=O) groups is 2. The number of nitrogens with one attached hydrogen (secondary N) is 1. The molecule has 3 rings (SSSR count). The minimum atomic E-state index is -0.414. The first kappa shape index (κ1) is 13.1. The Balaban J connectivity index is 1.77. The molecule has 2 unspecified atom stereocenters. The molecule has 1 aromatic heterocycles. The lowest BCUT2D eigenvalue weighted by atomic mass is 10.0. The number of nitrogens with zero attached hydrogens (tertiary/aromatic N) is 3. The fourth-order valence-corrected chi connectivity index (χ4v) is 2.67. The lowest BCUT2D eigenvalue weighted by Crippen LogP contribution is -2.62. The van der Waals surface area contributed by atoms with Gasteiger partial charge in [0.15, 0.2) is 0 Å². The molecule has 0 bridgehead atoms. The quantitative estimate of drug-likeness (QED) is 0.872. The van der Waals surface area contributed by atoms with Gasteiger partial charge in [-0.15, -0.1) is 0 Å². The topological polar surface area (TPSA) is 67.2 Å². The van der Waals surface area contributed by atoms with E-state index in [4.69, 9.17) is 0 Å². The third kappa shape index (κ3) is 2.30. The lowest BCUT2D eigenvalue weighted by Gasteiger charge is -2.37. The van der Waals surface area contributed by atoms with Gasteiger partial charge in [-0.2, -0.15) is 5.10 Å². The molecule has 2 amide bonds. The molecular weight excluding hydrogens is 256 g/mol. The number of aryl methyl sites for hydroxylation is 1. The van der Waals surface area contributed by atoms with Crippen molar-refractivity contribution in [2.45, 2.75) is 51.9 Å². The molecule has 2 atom stereocenters. The number of carbonyl (C=O) groups excluding carboxylic acids is 2. The Morgan fingerprint density at radius 2 is 2.15 bits per heavy atom. The first-order valence-electron chi connectivity index (χ1n) is 7.22. The molecule has 6 nitrogen and oxygen atoms in total. The Morgan fingerprint density at radius 3 is 2.75 bits per heavy atom. The molecule has 2 fully saturated rings. The first-order chi connectivity index (χ1) is 9.60. The lowest BCUT2D eigenvalue weighted by molar-refractivity contribution is -0.149. The molecular formula is C14H20N4O2. The monoisotopic (exact) mass is 276 g/mol. The van der Waals surface area contributed by atoms with Crippen LogP contribution in [0.1, 0.15) is 32.3 Å². The normalized spacial score (nSPS) is 26.8. The fourth-order valence-electron chi connectivity index (χ4n) is 2.67. The van der Waals surface area contributed by atoms with Crippen molar-refractivity contribution in [1.82, 2.24) is 20.0 Å². The van der Waals surface area contributed by atoms with Crippen LogP contribution in [0.3, 0.4) is 0 Å². The van der Waals surface area contributed by atoms with Gasteiger partial charge in [0, 0.05) is 24.8 Å². The van der Waals surface area contributed by atoms with Crippen LogP contribution in [-0.4, -0.2) is 38.6 Å². The predicted octanol–water partition coefficient (Wildman–Crippen LogP) is 0.528. The average Bonchev–Trinajstić information content (AvgIpc) is 3.18. The summed E-state index contributed by atoms with van der Waals surface area (Å²) in [5, 5.41) is 7.07. The van der Waals surface area contributed by atoms with E-state index in [1.807, 2.05) is 17.8 Å². The highest BCUT2D eigenvalue weighted by Gasteiger charge is 2.45. The Hall–Kier alpha value is -1.85. The summed E-state index contributed by atoms with van der Waals surface area (Å²) in [6.07, 6.45) is 5.76. The third-order valence-corrected chi connectivity index (χ3v) is 4.15. The van der Waals surface area contributed by atoms with Gasteiger partial charge in [0.1, 0.15) is 12.1 Å². The smallest absolute Gasteiger partial charge is 0.246 e. The van der Waals surface area contributed by atoms with Gasteiger partial charge in [-0.05, 0) is 32.6 Å². The molecule has 1 aromatic rings. The number of amides is 2. The summed E-state index contributed by atoms with van der Waals surface area (Å²) in [7, 11) is 0.